The van der Waals surface area contributed by atoms with Gasteiger partial charge in [-0.1, -0.05) is 6.92 Å². The molecule has 1 aliphatic rings. The van der Waals surface area contributed by atoms with Crippen molar-refractivity contribution in [2.45, 2.75) is 26.3 Å². The van der Waals surface area contributed by atoms with Crippen LogP contribution in [0.1, 0.15) is 18.9 Å². The third-order valence-electron chi connectivity index (χ3n) is 3.58. The van der Waals surface area contributed by atoms with Crippen molar-refractivity contribution in [1.82, 2.24) is 14.5 Å². The van der Waals surface area contributed by atoms with Crippen molar-refractivity contribution >= 4 is 0 Å². The topological polar surface area (TPSA) is 87.6 Å². The van der Waals surface area contributed by atoms with Crippen LogP contribution in [-0.2, 0) is 17.7 Å². The number of aromatic nitrogens is 2. The van der Waals surface area contributed by atoms with E-state index in [1.807, 2.05) is 0 Å². The summed E-state index contributed by atoms with van der Waals surface area (Å²) in [5, 5.41) is 10.00. The number of H-pyrrole nitrogens is 1. The zero-order chi connectivity index (χ0) is 14.5. The average molecular weight is 283 g/mol. The fourth-order valence-electron chi connectivity index (χ4n) is 2.40. The van der Waals surface area contributed by atoms with Crippen LogP contribution in [0.5, 0.6) is 5.88 Å². The van der Waals surface area contributed by atoms with E-state index in [0.29, 0.717) is 13.0 Å². The lowest BCUT2D eigenvalue weighted by atomic mass is 10.2. The molecular weight excluding hydrogens is 262 g/mol. The Bertz CT molecular complexity index is 558. The van der Waals surface area contributed by atoms with E-state index in [2.05, 4.69) is 9.88 Å². The fraction of sp³-hybridized carbons (Fsp3) is 0.692. The Morgan fingerprint density at radius 1 is 1.25 bits per heavy atom. The minimum atomic E-state index is -0.549. The summed E-state index contributed by atoms with van der Waals surface area (Å²) < 4.78 is 6.51. The van der Waals surface area contributed by atoms with E-state index < -0.39 is 11.2 Å². The molecule has 0 saturated carbocycles. The first-order valence-electron chi connectivity index (χ1n) is 6.98. The van der Waals surface area contributed by atoms with Gasteiger partial charge in [-0.15, -0.1) is 0 Å². The second-order valence-electron chi connectivity index (χ2n) is 4.87. The van der Waals surface area contributed by atoms with Gasteiger partial charge in [0.2, 0.25) is 5.88 Å². The van der Waals surface area contributed by atoms with E-state index in [9.17, 15) is 14.7 Å². The largest absolute Gasteiger partial charge is 0.494 e. The molecule has 112 valence electrons. The normalized spacial score (nSPS) is 16.4. The standard InChI is InChI=1S/C13H21N3O4/c1-2-10-11(17)14-13(19)16(12(10)18)5-3-4-15-6-8-20-9-7-15/h18H,2-9H2,1H3,(H,14,17,19). The second kappa shape index (κ2) is 6.71. The summed E-state index contributed by atoms with van der Waals surface area (Å²) in [6.45, 7) is 6.28. The molecule has 2 N–H and O–H groups in total. The number of nitrogens with zero attached hydrogens (tertiary/aromatic N) is 2. The Labute approximate surface area is 116 Å². The molecular formula is C13H21N3O4. The van der Waals surface area contributed by atoms with E-state index >= 15 is 0 Å². The van der Waals surface area contributed by atoms with Crippen molar-refractivity contribution in [2.75, 3.05) is 32.8 Å². The zero-order valence-electron chi connectivity index (χ0n) is 11.7. The van der Waals surface area contributed by atoms with Crippen molar-refractivity contribution in [2.24, 2.45) is 0 Å². The van der Waals surface area contributed by atoms with Crippen molar-refractivity contribution in [3.8, 4) is 5.88 Å². The first-order chi connectivity index (χ1) is 9.63. The van der Waals surface area contributed by atoms with Gasteiger partial charge in [0.25, 0.3) is 5.56 Å². The predicted octanol–water partition coefficient (Wildman–Crippen LogP) is -0.473. The molecule has 0 bridgehead atoms. The lowest BCUT2D eigenvalue weighted by Gasteiger charge is -2.26. The van der Waals surface area contributed by atoms with Crippen LogP contribution in [0.4, 0.5) is 0 Å². The van der Waals surface area contributed by atoms with Gasteiger partial charge in [0.1, 0.15) is 0 Å². The lowest BCUT2D eigenvalue weighted by molar-refractivity contribution is 0.0368. The van der Waals surface area contributed by atoms with Crippen LogP contribution in [0.2, 0.25) is 0 Å². The van der Waals surface area contributed by atoms with Crippen LogP contribution in [0.25, 0.3) is 0 Å². The molecule has 20 heavy (non-hydrogen) atoms. The third kappa shape index (κ3) is 3.29. The van der Waals surface area contributed by atoms with Crippen molar-refractivity contribution < 1.29 is 9.84 Å². The molecule has 1 aromatic heterocycles. The number of morpholine rings is 1. The highest BCUT2D eigenvalue weighted by Crippen LogP contribution is 2.11. The molecule has 1 aliphatic heterocycles. The Kier molecular flexibility index (Phi) is 4.97. The maximum absolute atomic E-state index is 11.7. The van der Waals surface area contributed by atoms with Crippen molar-refractivity contribution in [1.29, 1.82) is 0 Å². The number of aromatic amines is 1. The van der Waals surface area contributed by atoms with Crippen LogP contribution in [0, 0.1) is 0 Å². The summed E-state index contributed by atoms with van der Waals surface area (Å²) in [4.78, 5) is 27.7. The molecule has 1 fully saturated rings. The van der Waals surface area contributed by atoms with E-state index in [4.69, 9.17) is 4.74 Å². The van der Waals surface area contributed by atoms with Crippen LogP contribution >= 0.6 is 0 Å². The molecule has 7 heteroatoms. The number of nitrogens with one attached hydrogen (secondary N) is 1. The molecule has 0 atom stereocenters. The number of ether oxygens (including phenoxy) is 1. The van der Waals surface area contributed by atoms with Crippen molar-refractivity contribution in [3.63, 3.8) is 0 Å². The Balaban J connectivity index is 2.02. The minimum absolute atomic E-state index is 0.205. The smallest absolute Gasteiger partial charge is 0.331 e. The van der Waals surface area contributed by atoms with Gasteiger partial charge in [-0.05, 0) is 12.8 Å². The van der Waals surface area contributed by atoms with Gasteiger partial charge in [-0.2, -0.15) is 0 Å². The molecule has 1 saturated heterocycles. The maximum Gasteiger partial charge on any atom is 0.331 e. The summed E-state index contributed by atoms with van der Waals surface area (Å²) in [6.07, 6.45) is 1.13. The van der Waals surface area contributed by atoms with E-state index in [-0.39, 0.29) is 11.4 Å². The highest BCUT2D eigenvalue weighted by atomic mass is 16.5. The summed E-state index contributed by atoms with van der Waals surface area (Å²) in [6, 6.07) is 0. The van der Waals surface area contributed by atoms with Gasteiger partial charge in [0.05, 0.1) is 18.8 Å². The monoisotopic (exact) mass is 283 g/mol. The minimum Gasteiger partial charge on any atom is -0.494 e. The highest BCUT2D eigenvalue weighted by molar-refractivity contribution is 5.22. The van der Waals surface area contributed by atoms with Gasteiger partial charge in [0, 0.05) is 26.2 Å². The summed E-state index contributed by atoms with van der Waals surface area (Å²) in [7, 11) is 0. The number of rotatable bonds is 5. The third-order valence-corrected chi connectivity index (χ3v) is 3.58. The zero-order valence-corrected chi connectivity index (χ0v) is 11.7. The molecule has 0 unspecified atom stereocenters. The summed E-state index contributed by atoms with van der Waals surface area (Å²) >= 11 is 0. The fourth-order valence-corrected chi connectivity index (χ4v) is 2.40. The molecule has 2 rings (SSSR count). The molecule has 0 aliphatic carbocycles. The number of hydrogen-bond acceptors (Lipinski definition) is 5. The predicted molar refractivity (Wildman–Crippen MR) is 74.2 cm³/mol. The van der Waals surface area contributed by atoms with Crippen LogP contribution in [0.3, 0.4) is 0 Å². The van der Waals surface area contributed by atoms with Crippen LogP contribution < -0.4 is 11.2 Å². The van der Waals surface area contributed by atoms with Gasteiger partial charge in [0.15, 0.2) is 0 Å². The molecule has 2 heterocycles. The van der Waals surface area contributed by atoms with E-state index in [1.54, 1.807) is 6.92 Å². The van der Waals surface area contributed by atoms with Crippen molar-refractivity contribution in [3.05, 3.63) is 26.4 Å². The quantitative estimate of drug-likeness (QED) is 0.762. The van der Waals surface area contributed by atoms with Crippen LogP contribution in [-0.4, -0.2) is 52.4 Å². The molecule has 0 aromatic carbocycles. The average Bonchev–Trinajstić information content (AvgIpc) is 2.44. The molecule has 7 nitrogen and oxygen atoms in total. The molecule has 0 radical (unpaired) electrons. The second-order valence-corrected chi connectivity index (χ2v) is 4.87. The Morgan fingerprint density at radius 3 is 2.60 bits per heavy atom. The number of aromatic hydroxyl groups is 1. The van der Waals surface area contributed by atoms with E-state index in [0.717, 1.165) is 39.3 Å². The molecule has 0 spiro atoms. The lowest BCUT2D eigenvalue weighted by Crippen LogP contribution is -2.38. The Hall–Kier alpha value is -1.60. The highest BCUT2D eigenvalue weighted by Gasteiger charge is 2.13. The Morgan fingerprint density at radius 2 is 1.95 bits per heavy atom. The number of hydrogen-bond donors (Lipinski definition) is 2. The van der Waals surface area contributed by atoms with Gasteiger partial charge < -0.3 is 9.84 Å². The van der Waals surface area contributed by atoms with Crippen LogP contribution in [0.15, 0.2) is 9.59 Å². The van der Waals surface area contributed by atoms with E-state index in [1.165, 1.54) is 4.57 Å². The first kappa shape index (κ1) is 14.8. The molecule has 1 aromatic rings. The van der Waals surface area contributed by atoms with Gasteiger partial charge in [-0.25, -0.2) is 4.79 Å². The van der Waals surface area contributed by atoms with Gasteiger partial charge in [-0.3, -0.25) is 19.2 Å². The first-order valence-corrected chi connectivity index (χ1v) is 6.98. The SMILES string of the molecule is CCc1c(O)n(CCCN2CCOCC2)c(=O)[nH]c1=O. The summed E-state index contributed by atoms with van der Waals surface area (Å²) in [5.74, 6) is -0.205. The summed E-state index contributed by atoms with van der Waals surface area (Å²) in [5.41, 5.74) is -0.790. The van der Waals surface area contributed by atoms with Gasteiger partial charge >= 0.3 is 5.69 Å². The molecule has 0 amide bonds. The maximum atomic E-state index is 11.7.